The monoisotopic (exact) mass is 267 g/mol. The Bertz CT molecular complexity index is 898. The number of para-hydroxylation sites is 2. The first kappa shape index (κ1) is 8.69. The molecule has 0 radical (unpaired) electrons. The quantitative estimate of drug-likeness (QED) is 0.695. The number of fused-ring (bicyclic) bond motifs is 3. The van der Waals surface area contributed by atoms with Crippen molar-refractivity contribution in [3.05, 3.63) is 54.9 Å². The molecule has 0 unspecified atom stereocenters. The van der Waals surface area contributed by atoms with Crippen LogP contribution in [0.5, 0.6) is 0 Å². The van der Waals surface area contributed by atoms with Crippen molar-refractivity contribution < 1.29 is 8.53 Å². The summed E-state index contributed by atoms with van der Waals surface area (Å²) in [6.07, 6.45) is 3.71. The molecule has 0 N–H and O–H groups in total. The van der Waals surface area contributed by atoms with Gasteiger partial charge in [-0.1, -0.05) is 30.3 Å². The Labute approximate surface area is 121 Å². The molecule has 1 aliphatic rings. The third-order valence-corrected chi connectivity index (χ3v) is 3.69. The molecular formula is C17H16N2O. The van der Waals surface area contributed by atoms with Gasteiger partial charge in [-0.2, -0.15) is 0 Å². The van der Waals surface area contributed by atoms with Gasteiger partial charge in [-0.15, -0.1) is 0 Å². The van der Waals surface area contributed by atoms with Gasteiger partial charge in [0.05, 0.1) is 12.4 Å². The SMILES string of the molecule is [2H]C([2H])([2H])CN1C=CN(c2cccc3c2oc2ccccc23)C1. The molecule has 0 spiro atoms. The number of benzene rings is 2. The maximum absolute atomic E-state index is 7.39. The van der Waals surface area contributed by atoms with Gasteiger partial charge in [-0.3, -0.25) is 0 Å². The molecule has 100 valence electrons. The molecule has 0 saturated heterocycles. The largest absolute Gasteiger partial charge is 0.454 e. The molecule has 3 heteroatoms. The second kappa shape index (κ2) is 4.30. The number of hydrogen-bond donors (Lipinski definition) is 0. The van der Waals surface area contributed by atoms with Gasteiger partial charge in [-0.25, -0.2) is 0 Å². The van der Waals surface area contributed by atoms with E-state index in [-0.39, 0.29) is 6.54 Å². The van der Waals surface area contributed by atoms with E-state index in [1.165, 1.54) is 0 Å². The van der Waals surface area contributed by atoms with Crippen molar-refractivity contribution in [3.63, 3.8) is 0 Å². The summed E-state index contributed by atoms with van der Waals surface area (Å²) >= 11 is 0. The van der Waals surface area contributed by atoms with E-state index in [1.807, 2.05) is 59.8 Å². The number of rotatable bonds is 2. The molecule has 0 atom stereocenters. The van der Waals surface area contributed by atoms with Gasteiger partial charge in [0.15, 0.2) is 5.58 Å². The number of furan rings is 1. The summed E-state index contributed by atoms with van der Waals surface area (Å²) in [6.45, 7) is -1.42. The summed E-state index contributed by atoms with van der Waals surface area (Å²) in [5, 5.41) is 2.16. The molecule has 3 nitrogen and oxygen atoms in total. The van der Waals surface area contributed by atoms with Gasteiger partial charge in [0.2, 0.25) is 0 Å². The van der Waals surface area contributed by atoms with Crippen molar-refractivity contribution in [3.8, 4) is 0 Å². The van der Waals surface area contributed by atoms with E-state index in [0.29, 0.717) is 6.67 Å². The maximum Gasteiger partial charge on any atom is 0.159 e. The lowest BCUT2D eigenvalue weighted by molar-refractivity contribution is 0.429. The lowest BCUT2D eigenvalue weighted by Gasteiger charge is -2.20. The highest BCUT2D eigenvalue weighted by atomic mass is 16.3. The van der Waals surface area contributed by atoms with Crippen molar-refractivity contribution >= 4 is 27.6 Å². The molecule has 1 aliphatic heterocycles. The Morgan fingerprint density at radius 2 is 2.00 bits per heavy atom. The van der Waals surface area contributed by atoms with Crippen LogP contribution in [0, 0.1) is 0 Å². The first-order valence-corrected chi connectivity index (χ1v) is 6.61. The van der Waals surface area contributed by atoms with Crippen LogP contribution in [0.3, 0.4) is 0 Å². The summed E-state index contributed by atoms with van der Waals surface area (Å²) in [7, 11) is 0. The van der Waals surface area contributed by atoms with Crippen molar-refractivity contribution in [2.24, 2.45) is 0 Å². The van der Waals surface area contributed by atoms with Crippen LogP contribution in [0.2, 0.25) is 0 Å². The molecule has 0 fully saturated rings. The number of hydrogen-bond acceptors (Lipinski definition) is 3. The van der Waals surface area contributed by atoms with E-state index in [9.17, 15) is 0 Å². The average molecular weight is 267 g/mol. The fourth-order valence-electron chi connectivity index (χ4n) is 2.68. The molecular weight excluding hydrogens is 248 g/mol. The van der Waals surface area contributed by atoms with Gasteiger partial charge >= 0.3 is 0 Å². The molecule has 1 aromatic heterocycles. The van der Waals surface area contributed by atoms with Crippen LogP contribution in [-0.4, -0.2) is 18.1 Å². The predicted octanol–water partition coefficient (Wildman–Crippen LogP) is 4.16. The zero-order valence-electron chi connectivity index (χ0n) is 13.9. The lowest BCUT2D eigenvalue weighted by atomic mass is 10.1. The molecule has 2 aromatic carbocycles. The van der Waals surface area contributed by atoms with Gasteiger partial charge < -0.3 is 14.2 Å². The van der Waals surface area contributed by atoms with Gasteiger partial charge in [0.1, 0.15) is 5.58 Å². The van der Waals surface area contributed by atoms with Crippen molar-refractivity contribution in [2.45, 2.75) is 6.85 Å². The lowest BCUT2D eigenvalue weighted by Crippen LogP contribution is -2.24. The number of nitrogens with zero attached hydrogens (tertiary/aromatic N) is 2. The zero-order valence-corrected chi connectivity index (χ0v) is 10.9. The summed E-state index contributed by atoms with van der Waals surface area (Å²) in [4.78, 5) is 3.80. The highest BCUT2D eigenvalue weighted by molar-refractivity contribution is 6.09. The highest BCUT2D eigenvalue weighted by Gasteiger charge is 2.17. The third-order valence-electron chi connectivity index (χ3n) is 3.69. The minimum absolute atomic E-state index is 0.0378. The zero-order chi connectivity index (χ0) is 16.0. The summed E-state index contributed by atoms with van der Waals surface area (Å²) in [5.74, 6) is 0. The van der Waals surface area contributed by atoms with Gasteiger partial charge in [0.25, 0.3) is 0 Å². The van der Waals surface area contributed by atoms with Crippen LogP contribution >= 0.6 is 0 Å². The molecule has 4 rings (SSSR count). The molecule has 20 heavy (non-hydrogen) atoms. The molecule has 0 amide bonds. The van der Waals surface area contributed by atoms with E-state index >= 15 is 0 Å². The second-order valence-electron chi connectivity index (χ2n) is 4.91. The van der Waals surface area contributed by atoms with E-state index in [0.717, 1.165) is 27.6 Å². The normalized spacial score (nSPS) is 17.7. The topological polar surface area (TPSA) is 19.6 Å². The van der Waals surface area contributed by atoms with E-state index in [4.69, 9.17) is 8.53 Å². The third kappa shape index (κ3) is 1.59. The first-order valence-electron chi connectivity index (χ1n) is 8.11. The van der Waals surface area contributed by atoms with Gasteiger partial charge in [-0.05, 0) is 19.0 Å². The van der Waals surface area contributed by atoms with Crippen LogP contribution in [0.15, 0.2) is 59.3 Å². The minimum atomic E-state index is -1.97. The fraction of sp³-hybridized carbons (Fsp3) is 0.176. The number of anilines is 1. The van der Waals surface area contributed by atoms with Crippen LogP contribution in [0.25, 0.3) is 21.9 Å². The van der Waals surface area contributed by atoms with E-state index in [1.54, 1.807) is 4.90 Å². The minimum Gasteiger partial charge on any atom is -0.454 e. The summed E-state index contributed by atoms with van der Waals surface area (Å²) < 4.78 is 28.2. The Morgan fingerprint density at radius 1 is 1.10 bits per heavy atom. The Morgan fingerprint density at radius 3 is 2.95 bits per heavy atom. The average Bonchev–Trinajstić information content (AvgIpc) is 3.09. The maximum atomic E-state index is 7.39. The summed E-state index contributed by atoms with van der Waals surface area (Å²) in [5.41, 5.74) is 2.63. The Hall–Kier alpha value is -2.42. The molecule has 0 aliphatic carbocycles. The Balaban J connectivity index is 1.72. The molecule has 2 heterocycles. The molecule has 3 aromatic rings. The summed E-state index contributed by atoms with van der Waals surface area (Å²) in [6, 6.07) is 14.0. The van der Waals surface area contributed by atoms with E-state index in [2.05, 4.69) is 0 Å². The van der Waals surface area contributed by atoms with Gasteiger partial charge in [0, 0.05) is 33.8 Å². The molecule has 0 bridgehead atoms. The fourth-order valence-corrected chi connectivity index (χ4v) is 2.68. The standard InChI is InChI=1S/C17H16N2O/c1-2-18-10-11-19(12-18)15-8-5-7-14-13-6-3-4-9-16(13)20-17(14)15/h3-11H,2,12H2,1H3/i1D3. The highest BCUT2D eigenvalue weighted by Crippen LogP contribution is 2.35. The van der Waals surface area contributed by atoms with Crippen LogP contribution in [0.4, 0.5) is 5.69 Å². The first-order chi connectivity index (χ1) is 11.0. The Kier molecular flexibility index (Phi) is 1.87. The second-order valence-corrected chi connectivity index (χ2v) is 4.91. The van der Waals surface area contributed by atoms with Crippen LogP contribution in [-0.2, 0) is 0 Å². The predicted molar refractivity (Wildman–Crippen MR) is 82.6 cm³/mol. The van der Waals surface area contributed by atoms with Crippen molar-refractivity contribution in [1.82, 2.24) is 4.90 Å². The van der Waals surface area contributed by atoms with E-state index < -0.39 is 6.85 Å². The van der Waals surface area contributed by atoms with Crippen LogP contribution in [0.1, 0.15) is 11.0 Å². The van der Waals surface area contributed by atoms with Crippen molar-refractivity contribution in [2.75, 3.05) is 18.1 Å². The smallest absolute Gasteiger partial charge is 0.159 e. The van der Waals surface area contributed by atoms with Crippen molar-refractivity contribution in [1.29, 1.82) is 0 Å². The molecule has 0 saturated carbocycles. The van der Waals surface area contributed by atoms with Crippen LogP contribution < -0.4 is 4.90 Å².